The summed E-state index contributed by atoms with van der Waals surface area (Å²) >= 11 is 0. The van der Waals surface area contributed by atoms with Gasteiger partial charge in [-0.3, -0.25) is 0 Å². The molecule has 0 aliphatic carbocycles. The summed E-state index contributed by atoms with van der Waals surface area (Å²) in [7, 11) is 0. The summed E-state index contributed by atoms with van der Waals surface area (Å²) in [4.78, 5) is 0. The Bertz CT molecular complexity index is 478. The number of hydrogen-bond acceptors (Lipinski definition) is 2. The number of rotatable bonds is 4. The van der Waals surface area contributed by atoms with E-state index in [1.807, 2.05) is 19.1 Å². The Kier molecular flexibility index (Phi) is 3.78. The molecule has 0 saturated heterocycles. The van der Waals surface area contributed by atoms with Gasteiger partial charge in [-0.25, -0.2) is 0 Å². The summed E-state index contributed by atoms with van der Waals surface area (Å²) in [5.41, 5.74) is 10.4. The predicted molar refractivity (Wildman–Crippen MR) is 72.6 cm³/mol. The monoisotopic (exact) mass is 226 g/mol. The third kappa shape index (κ3) is 3.33. The number of anilines is 1. The van der Waals surface area contributed by atoms with E-state index in [2.05, 4.69) is 41.7 Å². The van der Waals surface area contributed by atoms with Gasteiger partial charge in [0.15, 0.2) is 0 Å². The zero-order chi connectivity index (χ0) is 12.1. The largest absolute Gasteiger partial charge is 0.399 e. The van der Waals surface area contributed by atoms with Crippen LogP contribution in [0.5, 0.6) is 0 Å². The van der Waals surface area contributed by atoms with E-state index in [1.165, 1.54) is 11.1 Å². The standard InChI is InChI=1S/C15H18N2/c1-12-9-14(7-8-15(12)16)11-17-10-13-5-3-2-4-6-13/h2-9,17H,10-11,16H2,1H3. The van der Waals surface area contributed by atoms with Gasteiger partial charge < -0.3 is 11.1 Å². The molecule has 0 fully saturated rings. The number of aryl methyl sites for hydroxylation is 1. The van der Waals surface area contributed by atoms with E-state index in [0.29, 0.717) is 0 Å². The Balaban J connectivity index is 1.88. The van der Waals surface area contributed by atoms with Crippen molar-refractivity contribution in [2.45, 2.75) is 20.0 Å². The van der Waals surface area contributed by atoms with Gasteiger partial charge in [0, 0.05) is 18.8 Å². The van der Waals surface area contributed by atoms with Crippen molar-refractivity contribution in [3.63, 3.8) is 0 Å². The van der Waals surface area contributed by atoms with Crippen LogP contribution in [0, 0.1) is 6.92 Å². The Morgan fingerprint density at radius 2 is 1.65 bits per heavy atom. The van der Waals surface area contributed by atoms with Crippen molar-refractivity contribution in [3.8, 4) is 0 Å². The first-order valence-corrected chi connectivity index (χ1v) is 5.85. The summed E-state index contributed by atoms with van der Waals surface area (Å²) in [6, 6.07) is 16.6. The minimum absolute atomic E-state index is 0.858. The van der Waals surface area contributed by atoms with Crippen LogP contribution in [0.3, 0.4) is 0 Å². The molecule has 17 heavy (non-hydrogen) atoms. The van der Waals surface area contributed by atoms with Crippen LogP contribution in [0.4, 0.5) is 5.69 Å². The van der Waals surface area contributed by atoms with E-state index in [4.69, 9.17) is 5.73 Å². The highest BCUT2D eigenvalue weighted by molar-refractivity contribution is 5.47. The van der Waals surface area contributed by atoms with E-state index in [-0.39, 0.29) is 0 Å². The van der Waals surface area contributed by atoms with E-state index < -0.39 is 0 Å². The van der Waals surface area contributed by atoms with E-state index in [0.717, 1.165) is 24.3 Å². The van der Waals surface area contributed by atoms with Crippen molar-refractivity contribution in [2.24, 2.45) is 0 Å². The van der Waals surface area contributed by atoms with Crippen molar-refractivity contribution in [3.05, 3.63) is 65.2 Å². The third-order valence-corrected chi connectivity index (χ3v) is 2.84. The highest BCUT2D eigenvalue weighted by Crippen LogP contribution is 2.12. The molecule has 0 bridgehead atoms. The molecule has 0 radical (unpaired) electrons. The molecule has 0 saturated carbocycles. The number of nitrogen functional groups attached to an aromatic ring is 1. The van der Waals surface area contributed by atoms with Crippen LogP contribution in [0.1, 0.15) is 16.7 Å². The smallest absolute Gasteiger partial charge is 0.0343 e. The Morgan fingerprint density at radius 3 is 2.35 bits per heavy atom. The van der Waals surface area contributed by atoms with Crippen LogP contribution in [0.15, 0.2) is 48.5 Å². The van der Waals surface area contributed by atoms with Gasteiger partial charge in [0.1, 0.15) is 0 Å². The van der Waals surface area contributed by atoms with Crippen LogP contribution in [-0.4, -0.2) is 0 Å². The molecule has 0 heterocycles. The fourth-order valence-corrected chi connectivity index (χ4v) is 1.79. The molecule has 2 nitrogen and oxygen atoms in total. The lowest BCUT2D eigenvalue weighted by molar-refractivity contribution is 0.693. The molecule has 0 aliphatic rings. The van der Waals surface area contributed by atoms with Crippen LogP contribution >= 0.6 is 0 Å². The van der Waals surface area contributed by atoms with E-state index in [1.54, 1.807) is 0 Å². The van der Waals surface area contributed by atoms with Crippen molar-refractivity contribution in [1.82, 2.24) is 5.32 Å². The Hall–Kier alpha value is -1.80. The lowest BCUT2D eigenvalue weighted by atomic mass is 10.1. The highest BCUT2D eigenvalue weighted by Gasteiger charge is 1.97. The molecule has 0 aliphatic heterocycles. The average molecular weight is 226 g/mol. The van der Waals surface area contributed by atoms with Crippen LogP contribution in [-0.2, 0) is 13.1 Å². The quantitative estimate of drug-likeness (QED) is 0.787. The summed E-state index contributed by atoms with van der Waals surface area (Å²) in [6.45, 7) is 3.80. The van der Waals surface area contributed by atoms with Gasteiger partial charge in [-0.15, -0.1) is 0 Å². The van der Waals surface area contributed by atoms with Crippen molar-refractivity contribution < 1.29 is 0 Å². The molecule has 88 valence electrons. The molecule has 0 amide bonds. The lowest BCUT2D eigenvalue weighted by Crippen LogP contribution is -2.12. The molecule has 0 spiro atoms. The third-order valence-electron chi connectivity index (χ3n) is 2.84. The van der Waals surface area contributed by atoms with Gasteiger partial charge in [0.25, 0.3) is 0 Å². The first kappa shape index (κ1) is 11.7. The van der Waals surface area contributed by atoms with Gasteiger partial charge in [-0.05, 0) is 29.7 Å². The van der Waals surface area contributed by atoms with E-state index >= 15 is 0 Å². The van der Waals surface area contributed by atoms with Crippen LogP contribution < -0.4 is 11.1 Å². The molecular formula is C15H18N2. The molecule has 0 atom stereocenters. The number of hydrogen-bond donors (Lipinski definition) is 2. The zero-order valence-electron chi connectivity index (χ0n) is 10.1. The second-order valence-corrected chi connectivity index (χ2v) is 4.28. The summed E-state index contributed by atoms with van der Waals surface area (Å²) in [6.07, 6.45) is 0. The number of benzene rings is 2. The maximum absolute atomic E-state index is 5.79. The molecular weight excluding hydrogens is 208 g/mol. The van der Waals surface area contributed by atoms with Gasteiger partial charge in [-0.2, -0.15) is 0 Å². The molecule has 2 aromatic carbocycles. The zero-order valence-corrected chi connectivity index (χ0v) is 10.1. The van der Waals surface area contributed by atoms with Crippen molar-refractivity contribution in [2.75, 3.05) is 5.73 Å². The molecule has 3 N–H and O–H groups in total. The summed E-state index contributed by atoms with van der Waals surface area (Å²) in [5.74, 6) is 0. The second-order valence-electron chi connectivity index (χ2n) is 4.28. The van der Waals surface area contributed by atoms with Gasteiger partial charge in [0.2, 0.25) is 0 Å². The normalized spacial score (nSPS) is 10.4. The van der Waals surface area contributed by atoms with E-state index in [9.17, 15) is 0 Å². The molecule has 2 heteroatoms. The molecule has 0 unspecified atom stereocenters. The summed E-state index contributed by atoms with van der Waals surface area (Å²) in [5, 5.41) is 3.42. The maximum Gasteiger partial charge on any atom is 0.0343 e. The molecule has 2 aromatic rings. The molecule has 2 rings (SSSR count). The molecule has 0 aromatic heterocycles. The Labute approximate surface area is 102 Å². The fraction of sp³-hybridized carbons (Fsp3) is 0.200. The SMILES string of the molecule is Cc1cc(CNCc2ccccc2)ccc1N. The maximum atomic E-state index is 5.79. The predicted octanol–water partition coefficient (Wildman–Crippen LogP) is 2.87. The minimum atomic E-state index is 0.858. The van der Waals surface area contributed by atoms with Gasteiger partial charge in [-0.1, -0.05) is 42.5 Å². The second kappa shape index (κ2) is 5.51. The first-order chi connectivity index (χ1) is 8.25. The average Bonchev–Trinajstić information content (AvgIpc) is 2.35. The fourth-order valence-electron chi connectivity index (χ4n) is 1.79. The van der Waals surface area contributed by atoms with Crippen molar-refractivity contribution >= 4 is 5.69 Å². The number of nitrogens with two attached hydrogens (primary N) is 1. The Morgan fingerprint density at radius 1 is 0.941 bits per heavy atom. The number of nitrogens with one attached hydrogen (secondary N) is 1. The first-order valence-electron chi connectivity index (χ1n) is 5.85. The minimum Gasteiger partial charge on any atom is -0.399 e. The highest BCUT2D eigenvalue weighted by atomic mass is 14.8. The summed E-state index contributed by atoms with van der Waals surface area (Å²) < 4.78 is 0. The lowest BCUT2D eigenvalue weighted by Gasteiger charge is -2.07. The van der Waals surface area contributed by atoms with Crippen molar-refractivity contribution in [1.29, 1.82) is 0 Å². The van der Waals surface area contributed by atoms with Gasteiger partial charge >= 0.3 is 0 Å². The van der Waals surface area contributed by atoms with Crippen LogP contribution in [0.25, 0.3) is 0 Å². The van der Waals surface area contributed by atoms with Gasteiger partial charge in [0.05, 0.1) is 0 Å². The topological polar surface area (TPSA) is 38.0 Å². The van der Waals surface area contributed by atoms with Crippen LogP contribution in [0.2, 0.25) is 0 Å².